The number of hydrogen-bond donors (Lipinski definition) is 1. The van der Waals surface area contributed by atoms with Gasteiger partial charge in [-0.15, -0.1) is 0 Å². The van der Waals surface area contributed by atoms with Gasteiger partial charge in [0.2, 0.25) is 0 Å². The molecule has 2 nitrogen and oxygen atoms in total. The summed E-state index contributed by atoms with van der Waals surface area (Å²) in [7, 11) is 0. The molecule has 4 fully saturated rings. The molecular weight excluding hydrogens is 244 g/mol. The summed E-state index contributed by atoms with van der Waals surface area (Å²) >= 11 is 0. The van der Waals surface area contributed by atoms with Gasteiger partial charge in [-0.05, 0) is 75.7 Å². The third kappa shape index (κ3) is 3.06. The van der Waals surface area contributed by atoms with Crippen molar-refractivity contribution in [2.24, 2.45) is 17.8 Å². The second-order valence-electron chi connectivity index (χ2n) is 7.94. The molecule has 1 heterocycles. The van der Waals surface area contributed by atoms with Crippen LogP contribution in [0.15, 0.2) is 0 Å². The van der Waals surface area contributed by atoms with Gasteiger partial charge in [-0.25, -0.2) is 0 Å². The smallest absolute Gasteiger partial charge is 0.0124 e. The third-order valence-corrected chi connectivity index (χ3v) is 6.40. The number of nitrogens with one attached hydrogen (secondary N) is 1. The Morgan fingerprint density at radius 1 is 0.850 bits per heavy atom. The van der Waals surface area contributed by atoms with E-state index in [-0.39, 0.29) is 0 Å². The molecular formula is C18H32N2. The molecule has 1 saturated heterocycles. The van der Waals surface area contributed by atoms with Gasteiger partial charge in [0.05, 0.1) is 0 Å². The molecule has 4 aliphatic rings. The molecule has 2 atom stereocenters. The summed E-state index contributed by atoms with van der Waals surface area (Å²) < 4.78 is 0. The van der Waals surface area contributed by atoms with Gasteiger partial charge in [0.1, 0.15) is 0 Å². The van der Waals surface area contributed by atoms with Crippen LogP contribution in [0.2, 0.25) is 0 Å². The predicted octanol–water partition coefficient (Wildman–Crippen LogP) is 3.42. The van der Waals surface area contributed by atoms with E-state index < -0.39 is 0 Å². The van der Waals surface area contributed by atoms with E-state index in [1.807, 2.05) is 0 Å². The molecule has 114 valence electrons. The second kappa shape index (κ2) is 5.96. The lowest BCUT2D eigenvalue weighted by Crippen LogP contribution is -2.49. The average molecular weight is 276 g/mol. The summed E-state index contributed by atoms with van der Waals surface area (Å²) in [6, 6.07) is 1.83. The third-order valence-electron chi connectivity index (χ3n) is 6.40. The topological polar surface area (TPSA) is 15.3 Å². The number of likely N-dealkylation sites (tertiary alicyclic amines) is 1. The summed E-state index contributed by atoms with van der Waals surface area (Å²) in [5.74, 6) is 3.14. The van der Waals surface area contributed by atoms with Crippen LogP contribution in [-0.2, 0) is 0 Å². The van der Waals surface area contributed by atoms with Crippen LogP contribution in [0.1, 0.15) is 64.2 Å². The van der Waals surface area contributed by atoms with E-state index in [1.165, 1.54) is 83.8 Å². The predicted molar refractivity (Wildman–Crippen MR) is 83.8 cm³/mol. The Kier molecular flexibility index (Phi) is 4.05. The van der Waals surface area contributed by atoms with Crippen molar-refractivity contribution in [1.29, 1.82) is 0 Å². The number of piperidine rings is 1. The lowest BCUT2D eigenvalue weighted by Gasteiger charge is -2.44. The standard InChI is InChI=1S/C18H32N2/c1-2-6-17-14(4-1)5-3-12-20(17)13-11-19-18(15-7-8-15)16-9-10-16/h14-19H,1-13H2. The van der Waals surface area contributed by atoms with Crippen molar-refractivity contribution < 1.29 is 0 Å². The van der Waals surface area contributed by atoms with E-state index in [0.29, 0.717) is 0 Å². The van der Waals surface area contributed by atoms with Crippen LogP contribution in [0.5, 0.6) is 0 Å². The first kappa shape index (κ1) is 13.6. The van der Waals surface area contributed by atoms with Crippen LogP contribution in [0, 0.1) is 17.8 Å². The van der Waals surface area contributed by atoms with Crippen LogP contribution in [0.3, 0.4) is 0 Å². The van der Waals surface area contributed by atoms with Gasteiger partial charge in [-0.1, -0.05) is 12.8 Å². The summed E-state index contributed by atoms with van der Waals surface area (Å²) in [6.07, 6.45) is 15.0. The Bertz CT molecular complexity index is 307. The highest BCUT2D eigenvalue weighted by molar-refractivity contribution is 4.96. The quantitative estimate of drug-likeness (QED) is 0.799. The van der Waals surface area contributed by atoms with Crippen LogP contribution >= 0.6 is 0 Å². The van der Waals surface area contributed by atoms with E-state index in [0.717, 1.165) is 29.8 Å². The number of hydrogen-bond acceptors (Lipinski definition) is 2. The molecule has 4 rings (SSSR count). The molecule has 0 spiro atoms. The van der Waals surface area contributed by atoms with Gasteiger partial charge >= 0.3 is 0 Å². The van der Waals surface area contributed by atoms with Gasteiger partial charge in [0.15, 0.2) is 0 Å². The summed E-state index contributed by atoms with van der Waals surface area (Å²) in [4.78, 5) is 2.84. The van der Waals surface area contributed by atoms with Gasteiger partial charge in [-0.3, -0.25) is 4.90 Å². The summed E-state index contributed by atoms with van der Waals surface area (Å²) in [5.41, 5.74) is 0. The highest BCUT2D eigenvalue weighted by atomic mass is 15.2. The molecule has 0 amide bonds. The normalized spacial score (nSPS) is 35.2. The SMILES string of the molecule is C1CCC2C(C1)CCCN2CCNC(C1CC1)C1CC1. The molecule has 2 unspecified atom stereocenters. The van der Waals surface area contributed by atoms with E-state index in [9.17, 15) is 0 Å². The Labute approximate surface area is 124 Å². The molecule has 0 bridgehead atoms. The highest BCUT2D eigenvalue weighted by Crippen LogP contribution is 2.44. The van der Waals surface area contributed by atoms with Crippen LogP contribution in [0.4, 0.5) is 0 Å². The Morgan fingerprint density at radius 3 is 2.30 bits per heavy atom. The maximum absolute atomic E-state index is 3.94. The lowest BCUT2D eigenvalue weighted by atomic mass is 9.78. The minimum absolute atomic E-state index is 0.891. The first-order valence-corrected chi connectivity index (χ1v) is 9.39. The molecule has 20 heavy (non-hydrogen) atoms. The maximum atomic E-state index is 3.94. The molecule has 3 aliphatic carbocycles. The summed E-state index contributed by atoms with van der Waals surface area (Å²) in [6.45, 7) is 3.94. The first-order valence-electron chi connectivity index (χ1n) is 9.39. The monoisotopic (exact) mass is 276 g/mol. The van der Waals surface area contributed by atoms with Crippen molar-refractivity contribution in [3.8, 4) is 0 Å². The zero-order chi connectivity index (χ0) is 13.4. The Balaban J connectivity index is 1.25. The van der Waals surface area contributed by atoms with Crippen molar-refractivity contribution in [1.82, 2.24) is 10.2 Å². The fourth-order valence-electron chi connectivity index (χ4n) is 5.01. The van der Waals surface area contributed by atoms with Crippen molar-refractivity contribution >= 4 is 0 Å². The van der Waals surface area contributed by atoms with Gasteiger partial charge in [-0.2, -0.15) is 0 Å². The second-order valence-corrected chi connectivity index (χ2v) is 7.94. The van der Waals surface area contributed by atoms with E-state index >= 15 is 0 Å². The highest BCUT2D eigenvalue weighted by Gasteiger charge is 2.41. The Morgan fingerprint density at radius 2 is 1.55 bits per heavy atom. The minimum Gasteiger partial charge on any atom is -0.312 e. The number of nitrogens with zero attached hydrogens (tertiary/aromatic N) is 1. The van der Waals surface area contributed by atoms with Crippen molar-refractivity contribution in [2.45, 2.75) is 76.3 Å². The molecule has 0 aromatic carbocycles. The van der Waals surface area contributed by atoms with E-state index in [2.05, 4.69) is 10.2 Å². The van der Waals surface area contributed by atoms with Crippen molar-refractivity contribution in [2.75, 3.05) is 19.6 Å². The lowest BCUT2D eigenvalue weighted by molar-refractivity contribution is 0.0609. The van der Waals surface area contributed by atoms with Crippen molar-refractivity contribution in [3.05, 3.63) is 0 Å². The summed E-state index contributed by atoms with van der Waals surface area (Å²) in [5, 5.41) is 3.94. The van der Waals surface area contributed by atoms with Gasteiger partial charge in [0, 0.05) is 25.2 Å². The van der Waals surface area contributed by atoms with E-state index in [1.54, 1.807) is 0 Å². The molecule has 0 radical (unpaired) electrons. The number of rotatable bonds is 6. The van der Waals surface area contributed by atoms with Crippen molar-refractivity contribution in [3.63, 3.8) is 0 Å². The Hall–Kier alpha value is -0.0800. The average Bonchev–Trinajstić information content (AvgIpc) is 3.38. The fourth-order valence-corrected chi connectivity index (χ4v) is 5.01. The van der Waals surface area contributed by atoms with Gasteiger partial charge in [0.25, 0.3) is 0 Å². The zero-order valence-corrected chi connectivity index (χ0v) is 13.0. The molecule has 1 N–H and O–H groups in total. The maximum Gasteiger partial charge on any atom is 0.0124 e. The first-order chi connectivity index (χ1) is 9.92. The zero-order valence-electron chi connectivity index (χ0n) is 13.0. The molecule has 3 saturated carbocycles. The molecule has 2 heteroatoms. The fraction of sp³-hybridized carbons (Fsp3) is 1.00. The molecule has 0 aromatic heterocycles. The van der Waals surface area contributed by atoms with Crippen LogP contribution in [-0.4, -0.2) is 36.6 Å². The molecule has 0 aromatic rings. The van der Waals surface area contributed by atoms with E-state index in [4.69, 9.17) is 0 Å². The molecule has 1 aliphatic heterocycles. The largest absolute Gasteiger partial charge is 0.312 e. The van der Waals surface area contributed by atoms with Gasteiger partial charge < -0.3 is 5.32 Å². The van der Waals surface area contributed by atoms with Crippen LogP contribution in [0.25, 0.3) is 0 Å². The van der Waals surface area contributed by atoms with Crippen LogP contribution < -0.4 is 5.32 Å². The number of fused-ring (bicyclic) bond motifs is 1. The minimum atomic E-state index is 0.891.